The third kappa shape index (κ3) is 3.40. The van der Waals surface area contributed by atoms with Gasteiger partial charge in [0, 0.05) is 28.4 Å². The van der Waals surface area contributed by atoms with Crippen LogP contribution in [0.4, 0.5) is 4.39 Å². The molecular formula is C14H16Cl2FNO. The second-order valence-corrected chi connectivity index (χ2v) is 5.67. The van der Waals surface area contributed by atoms with E-state index in [1.807, 2.05) is 0 Å². The van der Waals surface area contributed by atoms with Gasteiger partial charge in [-0.05, 0) is 25.0 Å². The topological polar surface area (TPSA) is 20.3 Å². The Balaban J connectivity index is 2.20. The average Bonchev–Trinajstić information content (AvgIpc) is 3.21. The fourth-order valence-electron chi connectivity index (χ4n) is 1.98. The maximum absolute atomic E-state index is 13.8. The highest BCUT2D eigenvalue weighted by molar-refractivity contribution is 6.31. The van der Waals surface area contributed by atoms with E-state index in [2.05, 4.69) is 0 Å². The molecule has 0 aromatic heterocycles. The minimum absolute atomic E-state index is 0.0307. The van der Waals surface area contributed by atoms with Gasteiger partial charge in [-0.3, -0.25) is 4.79 Å². The van der Waals surface area contributed by atoms with E-state index in [1.54, 1.807) is 24.0 Å². The van der Waals surface area contributed by atoms with Crippen LogP contribution >= 0.6 is 23.2 Å². The largest absolute Gasteiger partial charge is 0.335 e. The first-order valence-electron chi connectivity index (χ1n) is 6.34. The molecule has 1 aliphatic rings. The highest BCUT2D eigenvalue weighted by Crippen LogP contribution is 2.31. The molecule has 2 rings (SSSR count). The molecule has 1 aromatic rings. The molecule has 0 bridgehead atoms. The van der Waals surface area contributed by atoms with E-state index in [-0.39, 0.29) is 36.1 Å². The summed E-state index contributed by atoms with van der Waals surface area (Å²) in [6.45, 7) is 2.00. The van der Waals surface area contributed by atoms with Gasteiger partial charge in [-0.25, -0.2) is 4.39 Å². The van der Waals surface area contributed by atoms with Crippen LogP contribution in [0.2, 0.25) is 5.02 Å². The minimum atomic E-state index is -0.371. The van der Waals surface area contributed by atoms with Crippen LogP contribution in [0.5, 0.6) is 0 Å². The highest BCUT2D eigenvalue weighted by atomic mass is 35.5. The molecule has 0 N–H and O–H groups in total. The summed E-state index contributed by atoms with van der Waals surface area (Å²) in [6, 6.07) is 4.77. The molecule has 0 spiro atoms. The third-order valence-corrected chi connectivity index (χ3v) is 4.13. The summed E-state index contributed by atoms with van der Waals surface area (Å²) in [5, 5.41) is 0.358. The molecule has 1 aliphatic carbocycles. The summed E-state index contributed by atoms with van der Waals surface area (Å²) in [4.78, 5) is 14.0. The predicted molar refractivity (Wildman–Crippen MR) is 74.9 cm³/mol. The molecule has 5 heteroatoms. The molecule has 0 aliphatic heterocycles. The number of benzene rings is 1. The fourth-order valence-corrected chi connectivity index (χ4v) is 2.33. The van der Waals surface area contributed by atoms with Crippen LogP contribution < -0.4 is 0 Å². The molecule has 1 fully saturated rings. The Labute approximate surface area is 122 Å². The lowest BCUT2D eigenvalue weighted by molar-refractivity contribution is -0.135. The maximum Gasteiger partial charge on any atom is 0.227 e. The van der Waals surface area contributed by atoms with Crippen molar-refractivity contribution >= 4 is 29.1 Å². The van der Waals surface area contributed by atoms with Crippen LogP contribution in [0.3, 0.4) is 0 Å². The zero-order chi connectivity index (χ0) is 14.0. The quantitative estimate of drug-likeness (QED) is 0.757. The lowest BCUT2D eigenvalue weighted by atomic mass is 10.1. The van der Waals surface area contributed by atoms with Gasteiger partial charge >= 0.3 is 0 Å². The average molecular weight is 304 g/mol. The van der Waals surface area contributed by atoms with Crippen LogP contribution in [-0.2, 0) is 11.3 Å². The number of alkyl halides is 1. The summed E-state index contributed by atoms with van der Waals surface area (Å²) < 4.78 is 13.8. The van der Waals surface area contributed by atoms with Gasteiger partial charge in [0.25, 0.3) is 0 Å². The van der Waals surface area contributed by atoms with Crippen LogP contribution in [0.15, 0.2) is 18.2 Å². The van der Waals surface area contributed by atoms with Crippen molar-refractivity contribution < 1.29 is 9.18 Å². The molecule has 1 amide bonds. The molecule has 1 unspecified atom stereocenters. The highest BCUT2D eigenvalue weighted by Gasteiger charge is 2.35. The van der Waals surface area contributed by atoms with Gasteiger partial charge in [0.15, 0.2) is 0 Å². The number of carbonyl (C=O) groups is 1. The molecule has 0 saturated heterocycles. The fraction of sp³-hybridized carbons (Fsp3) is 0.500. The maximum atomic E-state index is 13.8. The van der Waals surface area contributed by atoms with E-state index >= 15 is 0 Å². The Morgan fingerprint density at radius 2 is 2.21 bits per heavy atom. The monoisotopic (exact) mass is 303 g/mol. The number of amides is 1. The number of carbonyl (C=O) groups excluding carboxylic acids is 1. The minimum Gasteiger partial charge on any atom is -0.335 e. The van der Waals surface area contributed by atoms with E-state index < -0.39 is 0 Å². The second-order valence-electron chi connectivity index (χ2n) is 4.95. The lowest BCUT2D eigenvalue weighted by Crippen LogP contribution is -2.37. The first-order valence-corrected chi connectivity index (χ1v) is 7.25. The van der Waals surface area contributed by atoms with Gasteiger partial charge < -0.3 is 4.90 Å². The van der Waals surface area contributed by atoms with Crippen molar-refractivity contribution in [1.29, 1.82) is 0 Å². The summed E-state index contributed by atoms with van der Waals surface area (Å²) in [5.74, 6) is -0.387. The smallest absolute Gasteiger partial charge is 0.227 e. The zero-order valence-electron chi connectivity index (χ0n) is 10.7. The number of halogens is 3. The van der Waals surface area contributed by atoms with Crippen molar-refractivity contribution in [2.75, 3.05) is 5.88 Å². The summed E-state index contributed by atoms with van der Waals surface area (Å²) in [5.41, 5.74) is 0.381. The number of hydrogen-bond acceptors (Lipinski definition) is 1. The summed E-state index contributed by atoms with van der Waals surface area (Å²) in [6.07, 6.45) is 1.93. The van der Waals surface area contributed by atoms with E-state index in [0.29, 0.717) is 10.6 Å². The van der Waals surface area contributed by atoms with E-state index in [1.165, 1.54) is 6.07 Å². The normalized spacial score (nSPS) is 16.2. The Hall–Kier alpha value is -0.800. The van der Waals surface area contributed by atoms with Crippen LogP contribution in [-0.4, -0.2) is 22.7 Å². The summed E-state index contributed by atoms with van der Waals surface area (Å²) >= 11 is 11.7. The Kier molecular flexibility index (Phi) is 4.69. The second kappa shape index (κ2) is 6.10. The first-order chi connectivity index (χ1) is 9.04. The van der Waals surface area contributed by atoms with Crippen LogP contribution in [0.25, 0.3) is 0 Å². The van der Waals surface area contributed by atoms with Crippen molar-refractivity contribution in [3.05, 3.63) is 34.6 Å². The standard InChI is InChI=1S/C14H16Cl2FNO/c1-9(7-15)14(19)18(10-5-6-10)8-11-12(16)3-2-4-13(11)17/h2-4,9-10H,5-8H2,1H3. The molecule has 104 valence electrons. The van der Waals surface area contributed by atoms with Gasteiger partial charge in [0.1, 0.15) is 5.82 Å². The van der Waals surface area contributed by atoms with Crippen molar-refractivity contribution in [3.8, 4) is 0 Å². The Morgan fingerprint density at radius 3 is 2.74 bits per heavy atom. The van der Waals surface area contributed by atoms with Crippen LogP contribution in [0, 0.1) is 11.7 Å². The number of hydrogen-bond donors (Lipinski definition) is 0. The molecule has 1 atom stereocenters. The van der Waals surface area contributed by atoms with E-state index in [4.69, 9.17) is 23.2 Å². The van der Waals surface area contributed by atoms with Gasteiger partial charge in [0.05, 0.1) is 6.54 Å². The lowest BCUT2D eigenvalue weighted by Gasteiger charge is -2.25. The van der Waals surface area contributed by atoms with E-state index in [9.17, 15) is 9.18 Å². The Bertz CT molecular complexity index is 456. The first kappa shape index (κ1) is 14.6. The molecule has 0 radical (unpaired) electrons. The molecular weight excluding hydrogens is 288 g/mol. The molecule has 1 aromatic carbocycles. The third-order valence-electron chi connectivity index (χ3n) is 3.31. The predicted octanol–water partition coefficient (Wildman–Crippen LogP) is 3.85. The van der Waals surface area contributed by atoms with Crippen molar-refractivity contribution in [1.82, 2.24) is 4.90 Å². The summed E-state index contributed by atoms with van der Waals surface area (Å²) in [7, 11) is 0. The van der Waals surface area contributed by atoms with Crippen LogP contribution in [0.1, 0.15) is 25.3 Å². The van der Waals surface area contributed by atoms with Crippen molar-refractivity contribution in [3.63, 3.8) is 0 Å². The van der Waals surface area contributed by atoms with Crippen molar-refractivity contribution in [2.45, 2.75) is 32.4 Å². The van der Waals surface area contributed by atoms with Gasteiger partial charge in [0.2, 0.25) is 5.91 Å². The molecule has 2 nitrogen and oxygen atoms in total. The molecule has 1 saturated carbocycles. The number of rotatable bonds is 5. The van der Waals surface area contributed by atoms with Gasteiger partial charge in [-0.15, -0.1) is 11.6 Å². The van der Waals surface area contributed by atoms with E-state index in [0.717, 1.165) is 12.8 Å². The number of nitrogens with zero attached hydrogens (tertiary/aromatic N) is 1. The van der Waals surface area contributed by atoms with Gasteiger partial charge in [-0.1, -0.05) is 24.6 Å². The van der Waals surface area contributed by atoms with Gasteiger partial charge in [-0.2, -0.15) is 0 Å². The molecule has 19 heavy (non-hydrogen) atoms. The van der Waals surface area contributed by atoms with Crippen molar-refractivity contribution in [2.24, 2.45) is 5.92 Å². The Morgan fingerprint density at radius 1 is 1.53 bits per heavy atom. The molecule has 0 heterocycles. The SMILES string of the molecule is CC(CCl)C(=O)N(Cc1c(F)cccc1Cl)C1CC1. The zero-order valence-corrected chi connectivity index (χ0v) is 12.2.